The Morgan fingerprint density at radius 1 is 1.28 bits per heavy atom. The van der Waals surface area contributed by atoms with Crippen LogP contribution in [0, 0.1) is 0 Å². The van der Waals surface area contributed by atoms with Crippen molar-refractivity contribution in [3.63, 3.8) is 0 Å². The fourth-order valence-electron chi connectivity index (χ4n) is 2.71. The van der Waals surface area contributed by atoms with Crippen molar-refractivity contribution in [3.8, 4) is 0 Å². The fourth-order valence-corrected chi connectivity index (χ4v) is 4.76. The van der Waals surface area contributed by atoms with Gasteiger partial charge in [-0.1, -0.05) is 12.1 Å². The van der Waals surface area contributed by atoms with E-state index in [9.17, 15) is 13.2 Å². The lowest BCUT2D eigenvalue weighted by Crippen LogP contribution is -2.45. The molecular formula is C16H20ClN3O3S2. The minimum Gasteiger partial charge on any atom is -0.337 e. The number of halogens is 1. The van der Waals surface area contributed by atoms with Gasteiger partial charge in [-0.25, -0.2) is 8.42 Å². The lowest BCUT2D eigenvalue weighted by molar-refractivity contribution is 0.0709. The van der Waals surface area contributed by atoms with Crippen molar-refractivity contribution in [1.29, 1.82) is 0 Å². The summed E-state index contributed by atoms with van der Waals surface area (Å²) in [6.45, 7) is 1.21. The summed E-state index contributed by atoms with van der Waals surface area (Å²) in [5.41, 5.74) is 6.75. The molecule has 1 fully saturated rings. The van der Waals surface area contributed by atoms with Gasteiger partial charge in [0.2, 0.25) is 0 Å². The first-order chi connectivity index (χ1) is 11.5. The highest BCUT2D eigenvalue weighted by Crippen LogP contribution is 2.22. The molecule has 0 spiro atoms. The number of nitrogens with one attached hydrogen (secondary N) is 1. The lowest BCUT2D eigenvalue weighted by Gasteiger charge is -2.30. The molecule has 136 valence electrons. The van der Waals surface area contributed by atoms with Crippen LogP contribution in [0.3, 0.4) is 0 Å². The SMILES string of the molecule is Cl.NC1CCCN(C(=O)c2cccc(NS(=O)(=O)c3cccs3)c2)C1. The Balaban J connectivity index is 0.00000225. The highest BCUT2D eigenvalue weighted by atomic mass is 35.5. The van der Waals surface area contributed by atoms with Gasteiger partial charge in [0.05, 0.1) is 0 Å². The Hall–Kier alpha value is -1.61. The molecule has 1 atom stereocenters. The predicted octanol–water partition coefficient (Wildman–Crippen LogP) is 2.53. The van der Waals surface area contributed by atoms with Gasteiger partial charge in [0.15, 0.2) is 0 Å². The van der Waals surface area contributed by atoms with Crippen molar-refractivity contribution in [3.05, 3.63) is 47.3 Å². The van der Waals surface area contributed by atoms with Gasteiger partial charge in [0, 0.05) is 30.4 Å². The normalized spacial score (nSPS) is 17.6. The highest BCUT2D eigenvalue weighted by Gasteiger charge is 2.23. The Kier molecular flexibility index (Phi) is 6.45. The van der Waals surface area contributed by atoms with Crippen molar-refractivity contribution in [2.24, 2.45) is 5.73 Å². The van der Waals surface area contributed by atoms with Crippen molar-refractivity contribution < 1.29 is 13.2 Å². The second-order valence-corrected chi connectivity index (χ2v) is 8.63. The van der Waals surface area contributed by atoms with Gasteiger partial charge in [-0.05, 0) is 42.5 Å². The molecule has 1 aromatic heterocycles. The Labute approximate surface area is 157 Å². The minimum atomic E-state index is -3.62. The van der Waals surface area contributed by atoms with E-state index in [1.54, 1.807) is 40.6 Å². The van der Waals surface area contributed by atoms with Crippen LogP contribution in [-0.2, 0) is 10.0 Å². The number of nitrogens with zero attached hydrogens (tertiary/aromatic N) is 1. The maximum Gasteiger partial charge on any atom is 0.271 e. The van der Waals surface area contributed by atoms with Gasteiger partial charge in [0.25, 0.3) is 15.9 Å². The zero-order valence-corrected chi connectivity index (χ0v) is 15.9. The maximum absolute atomic E-state index is 12.6. The van der Waals surface area contributed by atoms with Crippen LogP contribution in [0.25, 0.3) is 0 Å². The van der Waals surface area contributed by atoms with E-state index in [1.165, 1.54) is 6.07 Å². The van der Waals surface area contributed by atoms with Crippen molar-refractivity contribution in [2.75, 3.05) is 17.8 Å². The van der Waals surface area contributed by atoms with Crippen LogP contribution in [0.5, 0.6) is 0 Å². The van der Waals surface area contributed by atoms with E-state index >= 15 is 0 Å². The predicted molar refractivity (Wildman–Crippen MR) is 102 cm³/mol. The van der Waals surface area contributed by atoms with Crippen molar-refractivity contribution in [1.82, 2.24) is 4.90 Å². The van der Waals surface area contributed by atoms with Crippen LogP contribution in [0.4, 0.5) is 5.69 Å². The number of likely N-dealkylation sites (tertiary alicyclic amines) is 1. The van der Waals surface area contributed by atoms with Gasteiger partial charge in [0.1, 0.15) is 4.21 Å². The molecule has 3 rings (SSSR count). The number of hydrogen-bond donors (Lipinski definition) is 2. The number of piperidine rings is 1. The van der Waals surface area contributed by atoms with Crippen molar-refractivity contribution in [2.45, 2.75) is 23.1 Å². The van der Waals surface area contributed by atoms with Crippen LogP contribution < -0.4 is 10.5 Å². The number of amides is 1. The van der Waals surface area contributed by atoms with Gasteiger partial charge in [-0.3, -0.25) is 9.52 Å². The number of benzene rings is 1. The highest BCUT2D eigenvalue weighted by molar-refractivity contribution is 7.94. The summed E-state index contributed by atoms with van der Waals surface area (Å²) in [5.74, 6) is -0.123. The second kappa shape index (κ2) is 8.18. The van der Waals surface area contributed by atoms with E-state index < -0.39 is 10.0 Å². The van der Waals surface area contributed by atoms with Crippen LogP contribution in [0.1, 0.15) is 23.2 Å². The average molecular weight is 402 g/mol. The summed E-state index contributed by atoms with van der Waals surface area (Å²) in [6.07, 6.45) is 1.81. The number of rotatable bonds is 4. The lowest BCUT2D eigenvalue weighted by atomic mass is 10.1. The Morgan fingerprint density at radius 3 is 2.76 bits per heavy atom. The molecule has 2 heterocycles. The quantitative estimate of drug-likeness (QED) is 0.823. The summed E-state index contributed by atoms with van der Waals surface area (Å²) >= 11 is 1.14. The molecule has 0 aliphatic carbocycles. The molecular weight excluding hydrogens is 382 g/mol. The first-order valence-electron chi connectivity index (χ1n) is 7.67. The van der Waals surface area contributed by atoms with Gasteiger partial charge in [-0.2, -0.15) is 0 Å². The summed E-state index contributed by atoms with van der Waals surface area (Å²) in [4.78, 5) is 14.3. The first kappa shape index (κ1) is 19.7. The van der Waals surface area contributed by atoms with Crippen LogP contribution in [0.2, 0.25) is 0 Å². The summed E-state index contributed by atoms with van der Waals surface area (Å²) in [5, 5.41) is 1.70. The van der Waals surface area contributed by atoms with Crippen molar-refractivity contribution >= 4 is 45.4 Å². The summed E-state index contributed by atoms with van der Waals surface area (Å²) < 4.78 is 27.3. The summed E-state index contributed by atoms with van der Waals surface area (Å²) in [6, 6.07) is 9.77. The number of thiophene rings is 1. The third-order valence-electron chi connectivity index (χ3n) is 3.87. The van der Waals surface area contributed by atoms with E-state index in [2.05, 4.69) is 4.72 Å². The molecule has 0 radical (unpaired) electrons. The molecule has 0 bridgehead atoms. The third kappa shape index (κ3) is 4.72. The molecule has 1 aliphatic rings. The molecule has 6 nitrogen and oxygen atoms in total. The molecule has 9 heteroatoms. The molecule has 1 aromatic carbocycles. The molecule has 3 N–H and O–H groups in total. The number of anilines is 1. The third-order valence-corrected chi connectivity index (χ3v) is 6.65. The van der Waals surface area contributed by atoms with Gasteiger partial charge >= 0.3 is 0 Å². The zero-order chi connectivity index (χ0) is 17.2. The smallest absolute Gasteiger partial charge is 0.271 e. The topological polar surface area (TPSA) is 92.5 Å². The molecule has 1 amide bonds. The molecule has 0 saturated carbocycles. The van der Waals surface area contributed by atoms with Crippen LogP contribution >= 0.6 is 23.7 Å². The van der Waals surface area contributed by atoms with Crippen LogP contribution in [-0.4, -0.2) is 38.4 Å². The number of carbonyl (C=O) groups excluding carboxylic acids is 1. The Morgan fingerprint density at radius 2 is 2.08 bits per heavy atom. The van der Waals surface area contributed by atoms with Gasteiger partial charge < -0.3 is 10.6 Å². The summed E-state index contributed by atoms with van der Waals surface area (Å²) in [7, 11) is -3.62. The largest absolute Gasteiger partial charge is 0.337 e. The first-order valence-corrected chi connectivity index (χ1v) is 10.0. The number of sulfonamides is 1. The van der Waals surface area contributed by atoms with Gasteiger partial charge in [-0.15, -0.1) is 23.7 Å². The van der Waals surface area contributed by atoms with E-state index in [-0.39, 0.29) is 28.6 Å². The van der Waals surface area contributed by atoms with E-state index in [4.69, 9.17) is 5.73 Å². The fraction of sp³-hybridized carbons (Fsp3) is 0.312. The van der Waals surface area contributed by atoms with Crippen LogP contribution in [0.15, 0.2) is 46.0 Å². The molecule has 25 heavy (non-hydrogen) atoms. The second-order valence-electron chi connectivity index (χ2n) is 5.77. The number of carbonyl (C=O) groups is 1. The Bertz CT molecular complexity index is 825. The monoisotopic (exact) mass is 401 g/mol. The standard InChI is InChI=1S/C16H19N3O3S2.ClH/c17-13-5-2-8-19(11-13)16(20)12-4-1-6-14(10-12)18-24(21,22)15-7-3-9-23-15;/h1,3-4,6-7,9-10,13,18H,2,5,8,11,17H2;1H. The molecule has 1 saturated heterocycles. The number of nitrogens with two attached hydrogens (primary N) is 1. The van der Waals surface area contributed by atoms with E-state index in [0.29, 0.717) is 24.3 Å². The van der Waals surface area contributed by atoms with E-state index in [1.807, 2.05) is 0 Å². The van der Waals surface area contributed by atoms with E-state index in [0.717, 1.165) is 24.2 Å². The molecule has 1 aliphatic heterocycles. The molecule has 1 unspecified atom stereocenters. The number of hydrogen-bond acceptors (Lipinski definition) is 5. The average Bonchev–Trinajstić information content (AvgIpc) is 3.09. The minimum absolute atomic E-state index is 0. The zero-order valence-electron chi connectivity index (χ0n) is 13.4. The molecule has 2 aromatic rings. The maximum atomic E-state index is 12.6.